The molecule has 0 radical (unpaired) electrons. The summed E-state index contributed by atoms with van der Waals surface area (Å²) >= 11 is 6.06. The molecule has 0 aliphatic carbocycles. The van der Waals surface area contributed by atoms with Crippen LogP contribution in [0.1, 0.15) is 94.7 Å². The van der Waals surface area contributed by atoms with Gasteiger partial charge in [-0.15, -0.1) is 35.3 Å². The Hall–Kier alpha value is -8.15. The van der Waals surface area contributed by atoms with Gasteiger partial charge in [-0.1, -0.05) is 145 Å². The lowest BCUT2D eigenvalue weighted by Gasteiger charge is -2.31. The summed E-state index contributed by atoms with van der Waals surface area (Å²) in [5.41, 5.74) is 19.8. The van der Waals surface area contributed by atoms with Crippen molar-refractivity contribution in [3.8, 4) is 5.69 Å². The summed E-state index contributed by atoms with van der Waals surface area (Å²) in [7, 11) is 0. The van der Waals surface area contributed by atoms with Crippen LogP contribution in [0, 0.1) is 0 Å². The van der Waals surface area contributed by atoms with E-state index in [4.69, 9.17) is 17.7 Å². The minimum atomic E-state index is -0.0344. The lowest BCUT2D eigenvalue weighted by Crippen LogP contribution is -2.26. The molecule has 88 heavy (non-hydrogen) atoms. The largest absolute Gasteiger partial charge is 0.456 e. The molecule has 2 fully saturated rings. The van der Waals surface area contributed by atoms with Crippen molar-refractivity contribution in [2.24, 2.45) is 0 Å². The molecule has 10 heteroatoms. The molecule has 0 saturated carbocycles. The molecule has 0 spiro atoms. The van der Waals surface area contributed by atoms with Gasteiger partial charge in [-0.2, -0.15) is 0 Å². The van der Waals surface area contributed by atoms with Crippen LogP contribution < -0.4 is 9.80 Å². The van der Waals surface area contributed by atoms with E-state index in [1.165, 1.54) is 27.1 Å². The van der Waals surface area contributed by atoms with Gasteiger partial charge in [0.2, 0.25) is 0 Å². The molecule has 2 saturated heterocycles. The van der Waals surface area contributed by atoms with Crippen molar-refractivity contribution < 1.29 is 17.7 Å². The lowest BCUT2D eigenvalue weighted by atomic mass is 9.86. The van der Waals surface area contributed by atoms with Crippen molar-refractivity contribution in [3.05, 3.63) is 204 Å². The van der Waals surface area contributed by atoms with Crippen LogP contribution >= 0.6 is 35.3 Å². The number of rotatable bonds is 8. The molecular formula is C78H65N3O4S3. The van der Waals surface area contributed by atoms with Crippen molar-refractivity contribution in [2.45, 2.75) is 105 Å². The van der Waals surface area contributed by atoms with Crippen LogP contribution in [-0.4, -0.2) is 26.8 Å². The molecule has 3 atom stereocenters. The molecule has 7 nitrogen and oxygen atoms in total. The first-order chi connectivity index (χ1) is 42.9. The van der Waals surface area contributed by atoms with Crippen LogP contribution in [0.15, 0.2) is 205 Å². The van der Waals surface area contributed by atoms with Crippen LogP contribution in [0.3, 0.4) is 0 Å². The van der Waals surface area contributed by atoms with Gasteiger partial charge in [0.25, 0.3) is 0 Å². The highest BCUT2D eigenvalue weighted by Crippen LogP contribution is 2.56. The standard InChI is InChI=1S/C78H65N3O4S3/c1-77(2,3)46-31-35-51-63(40-46)82-61-24-13-20-53(69(51)61)80(67-27-15-37-86-67)57-42-55-73(71-49-18-8-10-22-59(49)84-75(57)71)74-56(79(55)48-33-29-44(30-34-48)66-39-45-17-7-12-26-65(45)88-66)43-58(76-72(74)50-19-9-11-23-60(50)85-76)81(68-28-16-38-87-68)54-21-14-25-62-70(54)52-36-32-47(78(4,5)6)41-64(52)83-62/h7-14,17-26,29-36,40-43,66-68H,15-16,27-28,37-39H2,1-6H3. The second-order valence-corrected chi connectivity index (χ2v) is 30.4. The van der Waals surface area contributed by atoms with E-state index in [2.05, 4.69) is 238 Å². The van der Waals surface area contributed by atoms with E-state index in [-0.39, 0.29) is 21.6 Å². The second kappa shape index (κ2) is 19.7. The van der Waals surface area contributed by atoms with E-state index in [0.717, 1.165) is 182 Å². The molecule has 0 bridgehead atoms. The number of aromatic nitrogens is 1. The Bertz CT molecular complexity index is 5060. The van der Waals surface area contributed by atoms with Gasteiger partial charge in [-0.3, -0.25) is 0 Å². The summed E-state index contributed by atoms with van der Waals surface area (Å²) in [5.74, 6) is 2.15. The number of benzene rings is 10. The molecule has 10 aromatic carbocycles. The predicted molar refractivity (Wildman–Crippen MR) is 374 cm³/mol. The number of nitrogens with zero attached hydrogens (tertiary/aromatic N) is 3. The van der Waals surface area contributed by atoms with Crippen molar-refractivity contribution in [1.29, 1.82) is 0 Å². The predicted octanol–water partition coefficient (Wildman–Crippen LogP) is 23.3. The quantitative estimate of drug-likeness (QED) is 0.148. The first-order valence-corrected chi connectivity index (χ1v) is 34.2. The zero-order chi connectivity index (χ0) is 58.9. The number of thioether (sulfide) groups is 3. The summed E-state index contributed by atoms with van der Waals surface area (Å²) < 4.78 is 31.4. The zero-order valence-electron chi connectivity index (χ0n) is 50.2. The molecule has 3 aliphatic rings. The van der Waals surface area contributed by atoms with Gasteiger partial charge in [0.05, 0.1) is 55.3 Å². The molecule has 15 aromatic rings. The van der Waals surface area contributed by atoms with Gasteiger partial charge in [-0.05, 0) is 156 Å². The maximum atomic E-state index is 7.48. The second-order valence-electron chi connectivity index (χ2n) is 26.6. The average Bonchev–Trinajstić information content (AvgIpc) is 1.53. The summed E-state index contributed by atoms with van der Waals surface area (Å²) in [5, 5.41) is 11.7. The van der Waals surface area contributed by atoms with Gasteiger partial charge >= 0.3 is 0 Å². The molecule has 434 valence electrons. The Morgan fingerprint density at radius 1 is 0.420 bits per heavy atom. The van der Waals surface area contributed by atoms with Crippen LogP contribution in [-0.2, 0) is 17.3 Å². The van der Waals surface area contributed by atoms with Gasteiger partial charge in [-0.25, -0.2) is 0 Å². The Kier molecular flexibility index (Phi) is 11.8. The maximum Gasteiger partial charge on any atom is 0.159 e. The molecule has 3 unspecified atom stereocenters. The Balaban J connectivity index is 0.973. The zero-order valence-corrected chi connectivity index (χ0v) is 52.7. The number of furan rings is 4. The van der Waals surface area contributed by atoms with E-state index in [1.807, 2.05) is 35.3 Å². The van der Waals surface area contributed by atoms with Crippen molar-refractivity contribution in [3.63, 3.8) is 0 Å². The Morgan fingerprint density at radius 2 is 0.898 bits per heavy atom. The maximum absolute atomic E-state index is 7.48. The Labute approximate surface area is 523 Å². The molecular weight excluding hydrogens is 1140 g/mol. The lowest BCUT2D eigenvalue weighted by molar-refractivity contribution is 0.587. The SMILES string of the molecule is CC(C)(C)c1ccc2c(c1)oc1cccc(N(c3cc4c(c5c3oc3ccccc35)c3c5c(oc6ccccc65)c(N(c5cccc6oc7cc(C(C)(C)C)ccc7c56)C5CCCS5)cc3n4-c3ccc(C4Cc5ccccc5S4)cc3)C3CCCS3)c12. The van der Waals surface area contributed by atoms with E-state index >= 15 is 0 Å². The third-order valence-corrected chi connectivity index (χ3v) is 23.3. The number of hydrogen-bond acceptors (Lipinski definition) is 9. The summed E-state index contributed by atoms with van der Waals surface area (Å²) in [6.07, 6.45) is 5.30. The fourth-order valence-electron chi connectivity index (χ4n) is 14.9. The monoisotopic (exact) mass is 1200 g/mol. The molecule has 0 amide bonds. The van der Waals surface area contributed by atoms with Gasteiger partial charge in [0.15, 0.2) is 11.2 Å². The summed E-state index contributed by atoms with van der Waals surface area (Å²) in [4.78, 5) is 6.64. The average molecular weight is 1200 g/mol. The topological polar surface area (TPSA) is 64.0 Å². The van der Waals surface area contributed by atoms with E-state index in [9.17, 15) is 0 Å². The molecule has 18 rings (SSSR count). The summed E-state index contributed by atoms with van der Waals surface area (Å²) in [6, 6.07) is 67.8. The third-order valence-electron chi connectivity index (χ3n) is 19.2. The molecule has 3 aliphatic heterocycles. The molecule has 8 heterocycles. The van der Waals surface area contributed by atoms with Crippen LogP contribution in [0.2, 0.25) is 0 Å². The first-order valence-electron chi connectivity index (χ1n) is 31.2. The Morgan fingerprint density at radius 3 is 1.39 bits per heavy atom. The van der Waals surface area contributed by atoms with E-state index in [0.29, 0.717) is 5.25 Å². The smallest absolute Gasteiger partial charge is 0.159 e. The fourth-order valence-corrected chi connectivity index (χ4v) is 18.9. The van der Waals surface area contributed by atoms with E-state index in [1.54, 1.807) is 0 Å². The molecule has 0 N–H and O–H groups in total. The normalized spacial score (nSPS) is 17.5. The highest BCUT2D eigenvalue weighted by molar-refractivity contribution is 8.00. The minimum absolute atomic E-state index is 0.0344. The highest BCUT2D eigenvalue weighted by Gasteiger charge is 2.37. The van der Waals surface area contributed by atoms with Crippen LogP contribution in [0.5, 0.6) is 0 Å². The van der Waals surface area contributed by atoms with Crippen molar-refractivity contribution in [1.82, 2.24) is 4.57 Å². The minimum Gasteiger partial charge on any atom is -0.456 e. The van der Waals surface area contributed by atoms with Gasteiger partial charge in [0.1, 0.15) is 33.5 Å². The van der Waals surface area contributed by atoms with Crippen molar-refractivity contribution in [2.75, 3.05) is 21.3 Å². The number of fused-ring (bicyclic) bond motifs is 18. The number of anilines is 4. The van der Waals surface area contributed by atoms with Crippen LogP contribution in [0.4, 0.5) is 22.7 Å². The van der Waals surface area contributed by atoms with Gasteiger partial charge in [0, 0.05) is 58.9 Å². The van der Waals surface area contributed by atoms with Crippen LogP contribution in [0.25, 0.3) is 115 Å². The van der Waals surface area contributed by atoms with Gasteiger partial charge < -0.3 is 32.0 Å². The van der Waals surface area contributed by atoms with E-state index < -0.39 is 0 Å². The number of para-hydroxylation sites is 2. The van der Waals surface area contributed by atoms with Crippen molar-refractivity contribution >= 4 is 168 Å². The first kappa shape index (κ1) is 52.9. The number of hydrogen-bond donors (Lipinski definition) is 0. The fraction of sp³-hybridized carbons (Fsp3) is 0.231. The highest BCUT2D eigenvalue weighted by atomic mass is 32.2. The third kappa shape index (κ3) is 8.06. The summed E-state index contributed by atoms with van der Waals surface area (Å²) in [6.45, 7) is 13.6. The molecule has 5 aromatic heterocycles.